The van der Waals surface area contributed by atoms with Crippen LogP contribution in [0.5, 0.6) is 5.75 Å². The molecule has 0 N–H and O–H groups in total. The third-order valence-corrected chi connectivity index (χ3v) is 6.22. The number of hydrogen-bond acceptors (Lipinski definition) is 6. The number of amides is 2. The molecule has 9 heteroatoms. The lowest BCUT2D eigenvalue weighted by molar-refractivity contribution is 0.0515. The van der Waals surface area contributed by atoms with E-state index in [1.807, 2.05) is 40.2 Å². The minimum absolute atomic E-state index is 0.0639. The van der Waals surface area contributed by atoms with E-state index in [1.165, 1.54) is 17.6 Å². The molecule has 1 saturated heterocycles. The van der Waals surface area contributed by atoms with Gasteiger partial charge in [0.05, 0.1) is 19.1 Å². The van der Waals surface area contributed by atoms with Crippen molar-refractivity contribution in [3.63, 3.8) is 0 Å². The van der Waals surface area contributed by atoms with Crippen LogP contribution in [0.1, 0.15) is 21.0 Å². The SMILES string of the molecule is COc1cccc(-c2cn3c(C(=O)N4CCN(C(=O)c5ccco5)CC4)csc3n2)c1. The predicted molar refractivity (Wildman–Crippen MR) is 116 cm³/mol. The standard InChI is InChI=1S/C22H20N4O4S/c1-29-16-5-2-4-15(12-16)17-13-26-18(14-31-22(26)23-17)20(27)24-7-9-25(10-8-24)21(28)19-6-3-11-30-19/h2-6,11-14H,7-10H2,1H3. The summed E-state index contributed by atoms with van der Waals surface area (Å²) in [6.07, 6.45) is 3.37. The molecule has 0 bridgehead atoms. The van der Waals surface area contributed by atoms with Gasteiger partial charge in [0.15, 0.2) is 10.7 Å². The molecule has 4 aromatic rings. The van der Waals surface area contributed by atoms with Gasteiger partial charge in [-0.25, -0.2) is 4.98 Å². The first-order valence-electron chi connectivity index (χ1n) is 9.87. The van der Waals surface area contributed by atoms with Crippen molar-refractivity contribution in [1.29, 1.82) is 0 Å². The van der Waals surface area contributed by atoms with E-state index >= 15 is 0 Å². The van der Waals surface area contributed by atoms with Gasteiger partial charge in [0.2, 0.25) is 0 Å². The summed E-state index contributed by atoms with van der Waals surface area (Å²) in [5.74, 6) is 0.869. The average Bonchev–Trinajstić information content (AvgIpc) is 3.56. The number of fused-ring (bicyclic) bond motifs is 1. The molecule has 0 unspecified atom stereocenters. The van der Waals surface area contributed by atoms with Crippen LogP contribution in [0.2, 0.25) is 0 Å². The first kappa shape index (κ1) is 19.4. The number of aromatic nitrogens is 2. The second-order valence-corrected chi connectivity index (χ2v) is 8.03. The van der Waals surface area contributed by atoms with Crippen molar-refractivity contribution >= 4 is 28.1 Å². The number of methoxy groups -OCH3 is 1. The fourth-order valence-corrected chi connectivity index (χ4v) is 4.54. The van der Waals surface area contributed by atoms with E-state index in [1.54, 1.807) is 29.0 Å². The Hall–Kier alpha value is -3.59. The molecular weight excluding hydrogens is 416 g/mol. The Morgan fingerprint density at radius 1 is 1.06 bits per heavy atom. The molecule has 31 heavy (non-hydrogen) atoms. The Bertz CT molecular complexity index is 1240. The predicted octanol–water partition coefficient (Wildman–Crippen LogP) is 3.26. The van der Waals surface area contributed by atoms with E-state index in [0.29, 0.717) is 37.6 Å². The van der Waals surface area contributed by atoms with Crippen LogP contribution in [0.25, 0.3) is 16.2 Å². The topological polar surface area (TPSA) is 80.3 Å². The highest BCUT2D eigenvalue weighted by atomic mass is 32.1. The zero-order valence-corrected chi connectivity index (χ0v) is 17.7. The zero-order chi connectivity index (χ0) is 21.4. The van der Waals surface area contributed by atoms with Gasteiger partial charge in [-0.3, -0.25) is 14.0 Å². The maximum atomic E-state index is 13.2. The van der Waals surface area contributed by atoms with Crippen LogP contribution in [0.4, 0.5) is 0 Å². The fourth-order valence-electron chi connectivity index (χ4n) is 3.69. The summed E-state index contributed by atoms with van der Waals surface area (Å²) in [7, 11) is 1.63. The van der Waals surface area contributed by atoms with E-state index < -0.39 is 0 Å². The Labute approximate surface area is 182 Å². The smallest absolute Gasteiger partial charge is 0.289 e. The molecular formula is C22H20N4O4S. The van der Waals surface area contributed by atoms with Crippen LogP contribution in [0.3, 0.4) is 0 Å². The summed E-state index contributed by atoms with van der Waals surface area (Å²) < 4.78 is 12.3. The number of hydrogen-bond donors (Lipinski definition) is 0. The van der Waals surface area contributed by atoms with Gasteiger partial charge in [-0.15, -0.1) is 11.3 Å². The van der Waals surface area contributed by atoms with Gasteiger partial charge in [-0.05, 0) is 24.3 Å². The molecule has 0 radical (unpaired) electrons. The van der Waals surface area contributed by atoms with E-state index in [-0.39, 0.29) is 11.8 Å². The van der Waals surface area contributed by atoms with Gasteiger partial charge in [-0.2, -0.15) is 0 Å². The van der Waals surface area contributed by atoms with Crippen molar-refractivity contribution < 1.29 is 18.7 Å². The van der Waals surface area contributed by atoms with Crippen LogP contribution in [-0.2, 0) is 0 Å². The first-order chi connectivity index (χ1) is 15.1. The number of imidazole rings is 1. The highest BCUT2D eigenvalue weighted by Crippen LogP contribution is 2.27. The van der Waals surface area contributed by atoms with Gasteiger partial charge in [-0.1, -0.05) is 12.1 Å². The summed E-state index contributed by atoms with van der Waals surface area (Å²) >= 11 is 1.43. The second kappa shape index (κ2) is 7.92. The molecule has 4 heterocycles. The lowest BCUT2D eigenvalue weighted by atomic mass is 10.1. The normalized spacial score (nSPS) is 14.2. The summed E-state index contributed by atoms with van der Waals surface area (Å²) in [6.45, 7) is 1.88. The van der Waals surface area contributed by atoms with Gasteiger partial charge >= 0.3 is 0 Å². The average molecular weight is 436 g/mol. The fraction of sp³-hybridized carbons (Fsp3) is 0.227. The van der Waals surface area contributed by atoms with Crippen molar-refractivity contribution in [1.82, 2.24) is 19.2 Å². The van der Waals surface area contributed by atoms with Crippen molar-refractivity contribution in [2.75, 3.05) is 33.3 Å². The van der Waals surface area contributed by atoms with Crippen molar-refractivity contribution in [2.45, 2.75) is 0 Å². The molecule has 1 aromatic carbocycles. The molecule has 2 amide bonds. The molecule has 0 atom stereocenters. The number of rotatable bonds is 4. The summed E-state index contributed by atoms with van der Waals surface area (Å²) in [4.78, 5) is 34.5. The Morgan fingerprint density at radius 3 is 2.55 bits per heavy atom. The lowest BCUT2D eigenvalue weighted by Crippen LogP contribution is -2.50. The quantitative estimate of drug-likeness (QED) is 0.491. The molecule has 0 saturated carbocycles. The molecule has 158 valence electrons. The molecule has 3 aromatic heterocycles. The minimum Gasteiger partial charge on any atom is -0.497 e. The Morgan fingerprint density at radius 2 is 1.84 bits per heavy atom. The van der Waals surface area contributed by atoms with Gasteiger partial charge in [0.1, 0.15) is 11.4 Å². The number of carbonyl (C=O) groups is 2. The van der Waals surface area contributed by atoms with E-state index in [4.69, 9.17) is 9.15 Å². The molecule has 0 aliphatic carbocycles. The Kier molecular flexibility index (Phi) is 4.95. The maximum Gasteiger partial charge on any atom is 0.289 e. The highest BCUT2D eigenvalue weighted by molar-refractivity contribution is 7.15. The summed E-state index contributed by atoms with van der Waals surface area (Å²) in [5, 5.41) is 1.83. The number of ether oxygens (including phenoxy) is 1. The molecule has 1 aliphatic rings. The minimum atomic E-state index is -0.146. The summed E-state index contributed by atoms with van der Waals surface area (Å²) in [6, 6.07) is 11.0. The molecule has 1 fully saturated rings. The monoisotopic (exact) mass is 436 g/mol. The zero-order valence-electron chi connectivity index (χ0n) is 16.9. The molecule has 5 rings (SSSR count). The highest BCUT2D eigenvalue weighted by Gasteiger charge is 2.28. The number of nitrogens with zero attached hydrogens (tertiary/aromatic N) is 4. The number of piperazine rings is 1. The van der Waals surface area contributed by atoms with Crippen LogP contribution in [0, 0.1) is 0 Å². The van der Waals surface area contributed by atoms with E-state index in [0.717, 1.165) is 22.0 Å². The molecule has 0 spiro atoms. The molecule has 1 aliphatic heterocycles. The van der Waals surface area contributed by atoms with Crippen molar-refractivity contribution in [3.8, 4) is 17.0 Å². The van der Waals surface area contributed by atoms with Gasteiger partial charge in [0.25, 0.3) is 11.8 Å². The maximum absolute atomic E-state index is 13.2. The van der Waals surface area contributed by atoms with Crippen LogP contribution >= 0.6 is 11.3 Å². The van der Waals surface area contributed by atoms with Crippen molar-refractivity contribution in [2.24, 2.45) is 0 Å². The van der Waals surface area contributed by atoms with Crippen LogP contribution < -0.4 is 4.74 Å². The number of furan rings is 1. The Balaban J connectivity index is 1.32. The second-order valence-electron chi connectivity index (χ2n) is 7.19. The third kappa shape index (κ3) is 3.57. The number of benzene rings is 1. The van der Waals surface area contributed by atoms with E-state index in [2.05, 4.69) is 4.98 Å². The van der Waals surface area contributed by atoms with Crippen LogP contribution in [-0.4, -0.2) is 64.3 Å². The van der Waals surface area contributed by atoms with E-state index in [9.17, 15) is 9.59 Å². The number of thiazole rings is 1. The third-order valence-electron chi connectivity index (χ3n) is 5.38. The van der Waals surface area contributed by atoms with Crippen LogP contribution in [0.15, 0.2) is 58.7 Å². The lowest BCUT2D eigenvalue weighted by Gasteiger charge is -2.34. The van der Waals surface area contributed by atoms with Gasteiger partial charge in [0, 0.05) is 43.3 Å². The van der Waals surface area contributed by atoms with Gasteiger partial charge < -0.3 is 19.0 Å². The largest absolute Gasteiger partial charge is 0.497 e. The molecule has 8 nitrogen and oxygen atoms in total. The summed E-state index contributed by atoms with van der Waals surface area (Å²) in [5.41, 5.74) is 2.29. The van der Waals surface area contributed by atoms with Crippen molar-refractivity contribution in [3.05, 3.63) is 65.7 Å². The first-order valence-corrected chi connectivity index (χ1v) is 10.7. The number of carbonyl (C=O) groups excluding carboxylic acids is 2.